The minimum absolute atomic E-state index is 0.224. The van der Waals surface area contributed by atoms with Crippen LogP contribution in [0, 0.1) is 20.8 Å². The number of hydrogen-bond acceptors (Lipinski definition) is 2. The Morgan fingerprint density at radius 3 is 2.44 bits per heavy atom. The minimum Gasteiger partial charge on any atom is -0.478 e. The van der Waals surface area contributed by atoms with Gasteiger partial charge in [0.05, 0.1) is 11.3 Å². The lowest BCUT2D eigenvalue weighted by Crippen LogP contribution is -2.00. The summed E-state index contributed by atoms with van der Waals surface area (Å²) in [6, 6.07) is 7.84. The first-order valence-electron chi connectivity index (χ1n) is 5.76. The van der Waals surface area contributed by atoms with Crippen LogP contribution in [0.25, 0.3) is 11.3 Å². The molecule has 2 aromatic rings. The number of carboxylic acids is 1. The van der Waals surface area contributed by atoms with Crippen molar-refractivity contribution in [3.8, 4) is 11.3 Å². The topological polar surface area (TPSA) is 50.2 Å². The highest BCUT2D eigenvalue weighted by Crippen LogP contribution is 2.26. The molecule has 0 fully saturated rings. The number of pyridine rings is 1. The number of aryl methyl sites for hydroxylation is 3. The largest absolute Gasteiger partial charge is 0.478 e. The third kappa shape index (κ3) is 2.25. The van der Waals surface area contributed by atoms with Gasteiger partial charge in [-0.2, -0.15) is 0 Å². The molecule has 92 valence electrons. The van der Waals surface area contributed by atoms with E-state index in [0.717, 1.165) is 22.4 Å². The van der Waals surface area contributed by atoms with Crippen LogP contribution in [0.1, 0.15) is 27.0 Å². The molecule has 3 heteroatoms. The summed E-state index contributed by atoms with van der Waals surface area (Å²) in [5.41, 5.74) is 5.31. The van der Waals surface area contributed by atoms with Gasteiger partial charge in [-0.05, 0) is 44.0 Å². The second-order valence-corrected chi connectivity index (χ2v) is 4.51. The van der Waals surface area contributed by atoms with E-state index in [1.54, 1.807) is 6.07 Å². The average Bonchev–Trinajstić information content (AvgIpc) is 2.32. The smallest absolute Gasteiger partial charge is 0.337 e. The number of hydrogen-bond donors (Lipinski definition) is 1. The van der Waals surface area contributed by atoms with Crippen LogP contribution >= 0.6 is 0 Å². The van der Waals surface area contributed by atoms with Crippen LogP contribution in [0.3, 0.4) is 0 Å². The molecule has 0 unspecified atom stereocenters. The Morgan fingerprint density at radius 2 is 1.83 bits per heavy atom. The second kappa shape index (κ2) is 4.61. The van der Waals surface area contributed by atoms with E-state index in [-0.39, 0.29) is 5.56 Å². The van der Waals surface area contributed by atoms with Gasteiger partial charge in [0.15, 0.2) is 0 Å². The fraction of sp³-hybridized carbons (Fsp3) is 0.200. The predicted octanol–water partition coefficient (Wildman–Crippen LogP) is 3.37. The van der Waals surface area contributed by atoms with Gasteiger partial charge in [-0.1, -0.05) is 17.7 Å². The van der Waals surface area contributed by atoms with Crippen molar-refractivity contribution in [2.75, 3.05) is 0 Å². The first-order valence-corrected chi connectivity index (χ1v) is 5.76. The highest BCUT2D eigenvalue weighted by molar-refractivity contribution is 5.88. The molecule has 0 atom stereocenters. The normalized spacial score (nSPS) is 10.4. The molecule has 2 rings (SSSR count). The van der Waals surface area contributed by atoms with E-state index in [4.69, 9.17) is 5.11 Å². The van der Waals surface area contributed by atoms with Gasteiger partial charge in [0, 0.05) is 11.8 Å². The molecule has 0 aliphatic heterocycles. The lowest BCUT2D eigenvalue weighted by atomic mass is 9.99. The van der Waals surface area contributed by atoms with Crippen molar-refractivity contribution in [2.24, 2.45) is 0 Å². The zero-order valence-corrected chi connectivity index (χ0v) is 10.7. The zero-order valence-electron chi connectivity index (χ0n) is 10.7. The monoisotopic (exact) mass is 241 g/mol. The zero-order chi connectivity index (χ0) is 13.3. The summed E-state index contributed by atoms with van der Waals surface area (Å²) in [5, 5.41) is 8.93. The van der Waals surface area contributed by atoms with E-state index in [2.05, 4.69) is 23.2 Å². The first-order chi connectivity index (χ1) is 8.49. The van der Waals surface area contributed by atoms with Gasteiger partial charge in [-0.3, -0.25) is 4.98 Å². The minimum atomic E-state index is -0.946. The quantitative estimate of drug-likeness (QED) is 0.876. The molecular formula is C15H15NO2. The molecule has 18 heavy (non-hydrogen) atoms. The van der Waals surface area contributed by atoms with Gasteiger partial charge in [-0.15, -0.1) is 0 Å². The van der Waals surface area contributed by atoms with E-state index >= 15 is 0 Å². The van der Waals surface area contributed by atoms with E-state index in [0.29, 0.717) is 0 Å². The number of aromatic carboxylic acids is 1. The van der Waals surface area contributed by atoms with Crippen LogP contribution in [0.15, 0.2) is 30.5 Å². The SMILES string of the molecule is Cc1ccc(C)c(-c2ncc(C(=O)O)cc2C)c1. The van der Waals surface area contributed by atoms with Crippen molar-refractivity contribution in [1.29, 1.82) is 0 Å². The molecule has 0 radical (unpaired) electrons. The Balaban J connectivity index is 2.58. The van der Waals surface area contributed by atoms with Crippen LogP contribution in [0.2, 0.25) is 0 Å². The Hall–Kier alpha value is -2.16. The fourth-order valence-corrected chi connectivity index (χ4v) is 1.96. The Labute approximate surface area is 106 Å². The van der Waals surface area contributed by atoms with Crippen LogP contribution in [0.4, 0.5) is 0 Å². The predicted molar refractivity (Wildman–Crippen MR) is 70.8 cm³/mol. The van der Waals surface area contributed by atoms with Crippen LogP contribution in [0.5, 0.6) is 0 Å². The highest BCUT2D eigenvalue weighted by atomic mass is 16.4. The van der Waals surface area contributed by atoms with E-state index in [1.807, 2.05) is 20.8 Å². The van der Waals surface area contributed by atoms with Crippen molar-refractivity contribution >= 4 is 5.97 Å². The molecule has 0 saturated carbocycles. The van der Waals surface area contributed by atoms with Gasteiger partial charge >= 0.3 is 5.97 Å². The maximum Gasteiger partial charge on any atom is 0.337 e. The van der Waals surface area contributed by atoms with Crippen LogP contribution in [-0.4, -0.2) is 16.1 Å². The molecular weight excluding hydrogens is 226 g/mol. The second-order valence-electron chi connectivity index (χ2n) is 4.51. The maximum absolute atomic E-state index is 10.9. The number of nitrogens with zero attached hydrogens (tertiary/aromatic N) is 1. The third-order valence-corrected chi connectivity index (χ3v) is 2.97. The molecule has 0 amide bonds. The van der Waals surface area contributed by atoms with Crippen LogP contribution < -0.4 is 0 Å². The summed E-state index contributed by atoms with van der Waals surface area (Å²) >= 11 is 0. The third-order valence-electron chi connectivity index (χ3n) is 2.97. The lowest BCUT2D eigenvalue weighted by Gasteiger charge is -2.10. The molecule has 0 aliphatic rings. The Bertz CT molecular complexity index is 618. The molecule has 0 aliphatic carbocycles. The van der Waals surface area contributed by atoms with Crippen molar-refractivity contribution in [3.63, 3.8) is 0 Å². The van der Waals surface area contributed by atoms with Gasteiger partial charge < -0.3 is 5.11 Å². The van der Waals surface area contributed by atoms with Crippen molar-refractivity contribution in [3.05, 3.63) is 52.7 Å². The van der Waals surface area contributed by atoms with Gasteiger partial charge in [-0.25, -0.2) is 4.79 Å². The number of carbonyl (C=O) groups is 1. The summed E-state index contributed by atoms with van der Waals surface area (Å²) < 4.78 is 0. The van der Waals surface area contributed by atoms with Crippen molar-refractivity contribution < 1.29 is 9.90 Å². The Kier molecular flexibility index (Phi) is 3.15. The van der Waals surface area contributed by atoms with E-state index in [9.17, 15) is 4.79 Å². The van der Waals surface area contributed by atoms with Crippen LogP contribution in [-0.2, 0) is 0 Å². The average molecular weight is 241 g/mol. The van der Waals surface area contributed by atoms with Crippen molar-refractivity contribution in [1.82, 2.24) is 4.98 Å². The van der Waals surface area contributed by atoms with Gasteiger partial charge in [0.1, 0.15) is 0 Å². The number of benzene rings is 1. The number of carboxylic acid groups (broad SMARTS) is 1. The number of rotatable bonds is 2. The van der Waals surface area contributed by atoms with Gasteiger partial charge in [0.2, 0.25) is 0 Å². The summed E-state index contributed by atoms with van der Waals surface area (Å²) in [4.78, 5) is 15.2. The molecule has 1 aromatic heterocycles. The molecule has 1 N–H and O–H groups in total. The Morgan fingerprint density at radius 1 is 1.11 bits per heavy atom. The standard InChI is InChI=1S/C15H15NO2/c1-9-4-5-10(2)13(6-9)14-11(3)7-12(8-16-14)15(17)18/h4-8H,1-3H3,(H,17,18). The molecule has 0 bridgehead atoms. The maximum atomic E-state index is 10.9. The summed E-state index contributed by atoms with van der Waals surface area (Å²) in [6.45, 7) is 5.95. The lowest BCUT2D eigenvalue weighted by molar-refractivity contribution is 0.0696. The molecule has 0 saturated heterocycles. The van der Waals surface area contributed by atoms with E-state index < -0.39 is 5.97 Å². The van der Waals surface area contributed by atoms with E-state index in [1.165, 1.54) is 11.8 Å². The van der Waals surface area contributed by atoms with Crippen molar-refractivity contribution in [2.45, 2.75) is 20.8 Å². The number of aromatic nitrogens is 1. The first kappa shape index (κ1) is 12.3. The summed E-state index contributed by atoms with van der Waals surface area (Å²) in [5.74, 6) is -0.946. The molecule has 3 nitrogen and oxygen atoms in total. The summed E-state index contributed by atoms with van der Waals surface area (Å²) in [6.07, 6.45) is 1.41. The molecule has 1 aromatic carbocycles. The molecule has 1 heterocycles. The fourth-order valence-electron chi connectivity index (χ4n) is 1.96. The summed E-state index contributed by atoms with van der Waals surface area (Å²) in [7, 11) is 0. The van der Waals surface area contributed by atoms with Gasteiger partial charge in [0.25, 0.3) is 0 Å². The highest BCUT2D eigenvalue weighted by Gasteiger charge is 2.10. The molecule has 0 spiro atoms.